The van der Waals surface area contributed by atoms with Crippen LogP contribution in [-0.4, -0.2) is 58.6 Å². The molecule has 0 atom stereocenters. The first-order chi connectivity index (χ1) is 9.92. The number of sulfonamides is 1. The molecule has 2 rings (SSSR count). The molecule has 0 radical (unpaired) electrons. The van der Waals surface area contributed by atoms with E-state index in [1.165, 1.54) is 6.07 Å². The van der Waals surface area contributed by atoms with Gasteiger partial charge in [0.25, 0.3) is 10.0 Å². The van der Waals surface area contributed by atoms with E-state index in [2.05, 4.69) is 15.0 Å². The zero-order valence-corrected chi connectivity index (χ0v) is 13.8. The SMILES string of the molecule is CNCc1ccc(S(=O)(=O)NN2CCN(C)CC2)cc1Cl. The largest absolute Gasteiger partial charge is 0.316 e. The summed E-state index contributed by atoms with van der Waals surface area (Å²) in [7, 11) is 0.256. The zero-order valence-electron chi connectivity index (χ0n) is 12.3. The standard InChI is InChI=1S/C13H21ClN4O2S/c1-15-10-11-3-4-12(9-13(11)14)21(19,20)16-18-7-5-17(2)6-8-18/h3-4,9,15-16H,5-8,10H2,1-2H3. The third-order valence-corrected chi connectivity index (χ3v) is 5.18. The van der Waals surface area contributed by atoms with Gasteiger partial charge in [-0.3, -0.25) is 0 Å². The molecule has 1 aliphatic heterocycles. The summed E-state index contributed by atoms with van der Waals surface area (Å²) in [6, 6.07) is 4.81. The van der Waals surface area contributed by atoms with Crippen molar-refractivity contribution in [3.63, 3.8) is 0 Å². The highest BCUT2D eigenvalue weighted by Gasteiger charge is 2.22. The molecule has 8 heteroatoms. The van der Waals surface area contributed by atoms with Gasteiger partial charge in [0, 0.05) is 37.7 Å². The van der Waals surface area contributed by atoms with Crippen LogP contribution < -0.4 is 10.1 Å². The molecule has 2 N–H and O–H groups in total. The molecule has 1 aromatic carbocycles. The van der Waals surface area contributed by atoms with E-state index in [9.17, 15) is 8.42 Å². The lowest BCUT2D eigenvalue weighted by atomic mass is 10.2. The van der Waals surface area contributed by atoms with Gasteiger partial charge in [-0.05, 0) is 31.8 Å². The molecular weight excluding hydrogens is 312 g/mol. The van der Waals surface area contributed by atoms with Crippen molar-refractivity contribution in [3.8, 4) is 0 Å². The Hall–Kier alpha value is -0.700. The molecule has 0 amide bonds. The topological polar surface area (TPSA) is 64.7 Å². The fourth-order valence-electron chi connectivity index (χ4n) is 2.15. The number of hydrazine groups is 1. The van der Waals surface area contributed by atoms with Gasteiger partial charge in [0.15, 0.2) is 0 Å². The van der Waals surface area contributed by atoms with Crippen LogP contribution in [0.25, 0.3) is 0 Å². The summed E-state index contributed by atoms with van der Waals surface area (Å²) in [5, 5.41) is 5.17. The number of piperazine rings is 1. The van der Waals surface area contributed by atoms with Gasteiger partial charge in [-0.1, -0.05) is 17.7 Å². The second-order valence-electron chi connectivity index (χ2n) is 5.17. The Morgan fingerprint density at radius 3 is 2.48 bits per heavy atom. The number of likely N-dealkylation sites (N-methyl/N-ethyl adjacent to an activating group) is 1. The molecule has 0 aromatic heterocycles. The van der Waals surface area contributed by atoms with Crippen LogP contribution in [0.4, 0.5) is 0 Å². The molecule has 1 fully saturated rings. The molecule has 118 valence electrons. The summed E-state index contributed by atoms with van der Waals surface area (Å²) in [4.78, 5) is 4.96. The molecule has 0 unspecified atom stereocenters. The Kier molecular flexibility index (Phi) is 5.59. The number of benzene rings is 1. The van der Waals surface area contributed by atoms with Crippen LogP contribution in [0.15, 0.2) is 23.1 Å². The van der Waals surface area contributed by atoms with Gasteiger partial charge in [-0.25, -0.2) is 13.4 Å². The van der Waals surface area contributed by atoms with Crippen molar-refractivity contribution >= 4 is 21.6 Å². The number of hydrogen-bond donors (Lipinski definition) is 2. The maximum atomic E-state index is 12.4. The van der Waals surface area contributed by atoms with E-state index in [1.54, 1.807) is 17.1 Å². The highest BCUT2D eigenvalue weighted by molar-refractivity contribution is 7.89. The van der Waals surface area contributed by atoms with Crippen LogP contribution in [0.5, 0.6) is 0 Å². The molecule has 1 saturated heterocycles. The summed E-state index contributed by atoms with van der Waals surface area (Å²) < 4.78 is 24.7. The first kappa shape index (κ1) is 16.7. The highest BCUT2D eigenvalue weighted by Crippen LogP contribution is 2.21. The minimum absolute atomic E-state index is 0.186. The first-order valence-corrected chi connectivity index (χ1v) is 8.67. The number of nitrogens with zero attached hydrogens (tertiary/aromatic N) is 2. The van der Waals surface area contributed by atoms with E-state index in [1.807, 2.05) is 14.1 Å². The lowest BCUT2D eigenvalue weighted by Gasteiger charge is -2.32. The van der Waals surface area contributed by atoms with Crippen molar-refractivity contribution in [1.82, 2.24) is 20.1 Å². The molecule has 0 saturated carbocycles. The first-order valence-electron chi connectivity index (χ1n) is 6.81. The van der Waals surface area contributed by atoms with Gasteiger partial charge in [0.1, 0.15) is 0 Å². The molecular formula is C13H21ClN4O2S. The number of rotatable bonds is 5. The van der Waals surface area contributed by atoms with Crippen LogP contribution in [0.2, 0.25) is 5.02 Å². The normalized spacial score (nSPS) is 18.0. The van der Waals surface area contributed by atoms with Crippen molar-refractivity contribution in [1.29, 1.82) is 0 Å². The minimum atomic E-state index is -3.58. The average molecular weight is 333 g/mol. The van der Waals surface area contributed by atoms with Gasteiger partial charge in [0.2, 0.25) is 0 Å². The molecule has 6 nitrogen and oxygen atoms in total. The molecule has 0 spiro atoms. The molecule has 21 heavy (non-hydrogen) atoms. The fraction of sp³-hybridized carbons (Fsp3) is 0.538. The number of nitrogens with one attached hydrogen (secondary N) is 2. The fourth-order valence-corrected chi connectivity index (χ4v) is 3.61. The average Bonchev–Trinajstić information content (AvgIpc) is 2.43. The molecule has 1 aliphatic rings. The number of hydrogen-bond acceptors (Lipinski definition) is 5. The maximum Gasteiger partial charge on any atom is 0.253 e. The molecule has 1 aromatic rings. The quantitative estimate of drug-likeness (QED) is 0.822. The van der Waals surface area contributed by atoms with Crippen molar-refractivity contribution < 1.29 is 8.42 Å². The summed E-state index contributed by atoms with van der Waals surface area (Å²) in [5.41, 5.74) is 0.873. The maximum absolute atomic E-state index is 12.4. The van der Waals surface area contributed by atoms with Gasteiger partial charge >= 0.3 is 0 Å². The van der Waals surface area contributed by atoms with Crippen LogP contribution in [0, 0.1) is 0 Å². The lowest BCUT2D eigenvalue weighted by molar-refractivity contribution is 0.135. The van der Waals surface area contributed by atoms with Gasteiger partial charge in [0.05, 0.1) is 4.90 Å². The smallest absolute Gasteiger partial charge is 0.253 e. The highest BCUT2D eigenvalue weighted by atomic mass is 35.5. The van der Waals surface area contributed by atoms with E-state index in [0.717, 1.165) is 18.7 Å². The Morgan fingerprint density at radius 1 is 1.24 bits per heavy atom. The molecule has 0 aliphatic carbocycles. The second-order valence-corrected chi connectivity index (χ2v) is 7.24. The van der Waals surface area contributed by atoms with Crippen LogP contribution in [0.1, 0.15) is 5.56 Å². The van der Waals surface area contributed by atoms with Crippen molar-refractivity contribution in [2.24, 2.45) is 0 Å². The Morgan fingerprint density at radius 2 is 1.90 bits per heavy atom. The third kappa shape index (κ3) is 4.38. The predicted octanol–water partition coefficient (Wildman–Crippen LogP) is 0.500. The van der Waals surface area contributed by atoms with Gasteiger partial charge in [-0.15, -0.1) is 4.83 Å². The van der Waals surface area contributed by atoms with E-state index in [-0.39, 0.29) is 4.90 Å². The lowest BCUT2D eigenvalue weighted by Crippen LogP contribution is -2.52. The van der Waals surface area contributed by atoms with Crippen molar-refractivity contribution in [3.05, 3.63) is 28.8 Å². The summed E-state index contributed by atoms with van der Waals surface area (Å²) in [5.74, 6) is 0. The van der Waals surface area contributed by atoms with E-state index >= 15 is 0 Å². The van der Waals surface area contributed by atoms with Crippen molar-refractivity contribution in [2.45, 2.75) is 11.4 Å². The molecule has 0 bridgehead atoms. The number of halogens is 1. The molecule has 1 heterocycles. The summed E-state index contributed by atoms with van der Waals surface area (Å²) in [6.07, 6.45) is 0. The Balaban J connectivity index is 2.10. The Labute approximate surface area is 131 Å². The monoisotopic (exact) mass is 332 g/mol. The van der Waals surface area contributed by atoms with Crippen LogP contribution >= 0.6 is 11.6 Å². The Bertz CT molecular complexity index is 586. The van der Waals surface area contributed by atoms with Crippen molar-refractivity contribution in [2.75, 3.05) is 40.3 Å². The van der Waals surface area contributed by atoms with Crippen LogP contribution in [-0.2, 0) is 16.6 Å². The predicted molar refractivity (Wildman–Crippen MR) is 83.6 cm³/mol. The minimum Gasteiger partial charge on any atom is -0.316 e. The van der Waals surface area contributed by atoms with Gasteiger partial charge < -0.3 is 10.2 Å². The van der Waals surface area contributed by atoms with E-state index in [4.69, 9.17) is 11.6 Å². The zero-order chi connectivity index (χ0) is 15.5. The van der Waals surface area contributed by atoms with Gasteiger partial charge in [-0.2, -0.15) is 0 Å². The third-order valence-electron chi connectivity index (χ3n) is 3.45. The summed E-state index contributed by atoms with van der Waals surface area (Å²) >= 11 is 6.12. The second kappa shape index (κ2) is 7.04. The van der Waals surface area contributed by atoms with E-state index in [0.29, 0.717) is 24.7 Å². The summed E-state index contributed by atoms with van der Waals surface area (Å²) in [6.45, 7) is 3.61. The van der Waals surface area contributed by atoms with Crippen LogP contribution in [0.3, 0.4) is 0 Å². The van der Waals surface area contributed by atoms with E-state index < -0.39 is 10.0 Å².